The molecule has 0 aromatic heterocycles. The van der Waals surface area contributed by atoms with E-state index in [1.54, 1.807) is 12.1 Å². The van der Waals surface area contributed by atoms with E-state index in [1.807, 2.05) is 48.5 Å². The van der Waals surface area contributed by atoms with Crippen molar-refractivity contribution >= 4 is 0 Å². The highest BCUT2D eigenvalue weighted by Crippen LogP contribution is 2.76. The van der Waals surface area contributed by atoms with Crippen molar-refractivity contribution in [3.05, 3.63) is 88.5 Å². The van der Waals surface area contributed by atoms with Crippen LogP contribution in [0.4, 0.5) is 43.9 Å². The fourth-order valence-electron chi connectivity index (χ4n) is 18.2. The zero-order chi connectivity index (χ0) is 59.0. The minimum absolute atomic E-state index is 0.0147. The smallest absolute Gasteiger partial charge is 0.456 e. The van der Waals surface area contributed by atoms with E-state index in [1.165, 1.54) is 13.8 Å². The minimum Gasteiger partial charge on any atom is -0.489 e. The van der Waals surface area contributed by atoms with Crippen LogP contribution < -0.4 is 4.74 Å². The van der Waals surface area contributed by atoms with Gasteiger partial charge in [-0.15, -0.1) is 0 Å². The summed E-state index contributed by atoms with van der Waals surface area (Å²) in [5, 5.41) is 34.9. The summed E-state index contributed by atoms with van der Waals surface area (Å²) in [6.45, 7) is 13.7. The first-order valence-corrected chi connectivity index (χ1v) is 29.5. The molecule has 3 N–H and O–H groups in total. The fourth-order valence-corrected chi connectivity index (χ4v) is 18.2. The molecule has 11 aliphatic rings. The molecule has 6 saturated carbocycles. The Kier molecular flexibility index (Phi) is 13.4. The highest BCUT2D eigenvalue weighted by Gasteiger charge is 2.83. The molecule has 2 aromatic carbocycles. The molecule has 13 rings (SSSR count). The number of alkyl halides is 10. The van der Waals surface area contributed by atoms with Crippen LogP contribution >= 0.6 is 0 Å². The predicted octanol–water partition coefficient (Wildman–Crippen LogP) is 14.0. The number of rotatable bonds is 6. The molecule has 19 heteroatoms. The van der Waals surface area contributed by atoms with Crippen LogP contribution in [0.15, 0.2) is 77.4 Å². The summed E-state index contributed by atoms with van der Waals surface area (Å²) in [5.41, 5.74) is -7.54. The maximum absolute atomic E-state index is 15.4. The first kappa shape index (κ1) is 59.1. The Morgan fingerprint density at radius 2 is 1.11 bits per heavy atom. The number of epoxide rings is 1. The van der Waals surface area contributed by atoms with Crippen molar-refractivity contribution in [1.29, 1.82) is 0 Å². The van der Waals surface area contributed by atoms with Crippen LogP contribution in [0.25, 0.3) is 0 Å². The second-order valence-corrected chi connectivity index (χ2v) is 28.8. The van der Waals surface area contributed by atoms with Gasteiger partial charge in [0, 0.05) is 53.3 Å². The van der Waals surface area contributed by atoms with Crippen LogP contribution in [0.3, 0.4) is 0 Å². The number of benzene rings is 2. The Balaban J connectivity index is 0.000000172. The lowest BCUT2D eigenvalue weighted by atomic mass is 9.49. The molecule has 2 aromatic rings. The van der Waals surface area contributed by atoms with E-state index in [0.29, 0.717) is 96.6 Å². The molecule has 454 valence electrons. The Morgan fingerprint density at radius 3 is 1.68 bits per heavy atom. The molecule has 9 nitrogen and oxygen atoms in total. The topological polar surface area (TPSA) is 119 Å². The quantitative estimate of drug-likeness (QED) is 0.148. The number of allylic oxidation sites excluding steroid dienone is 2. The van der Waals surface area contributed by atoms with Crippen molar-refractivity contribution < 1.29 is 87.6 Å². The van der Waals surface area contributed by atoms with E-state index in [0.717, 1.165) is 27.8 Å². The number of ether oxygens (including phenoxy) is 6. The van der Waals surface area contributed by atoms with Gasteiger partial charge >= 0.3 is 24.2 Å². The van der Waals surface area contributed by atoms with Gasteiger partial charge in [-0.3, -0.25) is 0 Å². The summed E-state index contributed by atoms with van der Waals surface area (Å²) in [6.07, 6.45) is -5.80. The van der Waals surface area contributed by atoms with Gasteiger partial charge in [0.15, 0.2) is 11.6 Å². The van der Waals surface area contributed by atoms with Gasteiger partial charge in [0.2, 0.25) is 0 Å². The van der Waals surface area contributed by atoms with E-state index in [9.17, 15) is 50.4 Å². The number of hydrogen-bond acceptors (Lipinski definition) is 9. The highest BCUT2D eigenvalue weighted by molar-refractivity contribution is 5.47. The van der Waals surface area contributed by atoms with Gasteiger partial charge in [-0.1, -0.05) is 95.7 Å². The summed E-state index contributed by atoms with van der Waals surface area (Å²) in [5.74, 6) is -13.6. The standard InChI is InChI=1S/C38H45F5O5.C25H33F5O4/c1-32(2)22-47-35(48-23-32)17-14-30-31-27(13-16-34(30,44)21-35)29-15-18-36(45,37(39,40)38(41,42)43)33(29,3)19-28(31)25-9-11-26(12-10-25)46-20-24-7-5-4-6-8-24;1-18(2)13-32-21(33-14-18)10-11-22-17-5-7-19(3)16(15(17)4-8-20(22,12-21)34-22)6-9-23(19,31)24(26,27)25(28,29)30/h4-12,27-29,44-45H,13-23H2,1-3H3;5,15-16,31H,4,6-14H2,1-3H3/t27?,28-,29?,33+,34-,36+;15-,16-,19-,20+,22+,23-/m10/s1. The minimum atomic E-state index is -5.90. The summed E-state index contributed by atoms with van der Waals surface area (Å²) in [4.78, 5) is 0. The van der Waals surface area contributed by atoms with Crippen molar-refractivity contribution in [3.8, 4) is 5.75 Å². The Hall–Kier alpha value is -3.30. The molecule has 82 heavy (non-hydrogen) atoms. The van der Waals surface area contributed by atoms with Gasteiger partial charge in [-0.25, -0.2) is 0 Å². The zero-order valence-electron chi connectivity index (χ0n) is 47.6. The van der Waals surface area contributed by atoms with E-state index >= 15 is 8.78 Å². The maximum atomic E-state index is 15.4. The average Bonchev–Trinajstić information content (AvgIpc) is 2.38. The van der Waals surface area contributed by atoms with Crippen LogP contribution in [0.1, 0.15) is 161 Å². The molecule has 8 aliphatic carbocycles. The van der Waals surface area contributed by atoms with Crippen molar-refractivity contribution in [2.75, 3.05) is 26.4 Å². The molecule has 3 aliphatic heterocycles. The van der Waals surface area contributed by atoms with Crippen molar-refractivity contribution in [2.24, 2.45) is 45.3 Å². The van der Waals surface area contributed by atoms with Crippen molar-refractivity contribution in [1.82, 2.24) is 0 Å². The molecular formula is C63H78F10O9. The van der Waals surface area contributed by atoms with Gasteiger partial charge in [-0.05, 0) is 135 Å². The normalized spacial score (nSPS) is 41.3. The van der Waals surface area contributed by atoms with Gasteiger partial charge in [-0.2, -0.15) is 43.9 Å². The lowest BCUT2D eigenvalue weighted by molar-refractivity contribution is -0.362. The van der Waals surface area contributed by atoms with Crippen LogP contribution in [-0.2, 0) is 30.3 Å². The number of fused-ring (bicyclic) bond motifs is 7. The third-order valence-electron chi connectivity index (χ3n) is 22.8. The van der Waals surface area contributed by atoms with E-state index < -0.39 is 105 Å². The average molecular weight is 1170 g/mol. The predicted molar refractivity (Wildman–Crippen MR) is 279 cm³/mol. The lowest BCUT2D eigenvalue weighted by Gasteiger charge is -2.59. The number of aliphatic hydroxyl groups is 3. The molecule has 0 radical (unpaired) electrons. The van der Waals surface area contributed by atoms with Crippen molar-refractivity contribution in [3.63, 3.8) is 0 Å². The monoisotopic (exact) mass is 1170 g/mol. The van der Waals surface area contributed by atoms with E-state index in [2.05, 4.69) is 27.7 Å². The molecule has 9 fully saturated rings. The molecule has 12 atom stereocenters. The summed E-state index contributed by atoms with van der Waals surface area (Å²) < 4.78 is 179. The molecule has 0 amide bonds. The lowest BCUT2D eigenvalue weighted by Crippen LogP contribution is -2.65. The van der Waals surface area contributed by atoms with Crippen molar-refractivity contribution in [2.45, 2.75) is 221 Å². The van der Waals surface area contributed by atoms with Crippen LogP contribution in [0.2, 0.25) is 0 Å². The van der Waals surface area contributed by atoms with E-state index in [-0.39, 0.29) is 54.8 Å². The number of halogens is 10. The van der Waals surface area contributed by atoms with E-state index in [4.69, 9.17) is 28.4 Å². The molecular weight excluding hydrogens is 1090 g/mol. The number of hydrogen-bond donors (Lipinski definition) is 3. The van der Waals surface area contributed by atoms with Gasteiger partial charge in [0.25, 0.3) is 0 Å². The molecule has 0 bridgehead atoms. The van der Waals surface area contributed by atoms with Gasteiger partial charge in [0.05, 0.1) is 32.0 Å². The third-order valence-corrected chi connectivity index (χ3v) is 22.8. The van der Waals surface area contributed by atoms with Crippen LogP contribution in [0.5, 0.6) is 5.75 Å². The summed E-state index contributed by atoms with van der Waals surface area (Å²) in [6, 6.07) is 16.9. The first-order chi connectivity index (χ1) is 38.0. The zero-order valence-corrected chi connectivity index (χ0v) is 47.6. The Morgan fingerprint density at radius 1 is 0.573 bits per heavy atom. The fraction of sp³-hybridized carbons (Fsp3) is 0.746. The first-order valence-electron chi connectivity index (χ1n) is 29.5. The molecule has 2 spiro atoms. The molecule has 3 saturated heterocycles. The van der Waals surface area contributed by atoms with Crippen LogP contribution in [0, 0.1) is 45.3 Å². The largest absolute Gasteiger partial charge is 0.489 e. The molecule has 3 heterocycles. The highest BCUT2D eigenvalue weighted by atomic mass is 19.4. The Labute approximate surface area is 472 Å². The summed E-state index contributed by atoms with van der Waals surface area (Å²) >= 11 is 0. The molecule has 2 unspecified atom stereocenters. The Bertz CT molecular complexity index is 2850. The summed E-state index contributed by atoms with van der Waals surface area (Å²) in [7, 11) is 0. The second kappa shape index (κ2) is 18.6. The van der Waals surface area contributed by atoms with Gasteiger partial charge in [0.1, 0.15) is 34.8 Å². The second-order valence-electron chi connectivity index (χ2n) is 28.8. The van der Waals surface area contributed by atoms with Crippen LogP contribution in [-0.4, -0.2) is 106 Å². The maximum Gasteiger partial charge on any atom is 0.456 e. The SMILES string of the molecule is CC1(C)COC2(CCC3=C4C(CC[C@@]3(O)C2)C2CC[C@@](O)(C(F)(F)C(F)(F)F)[C@@]2(C)C[C@@H]4c2ccc(OCc3ccccc3)cc2)OC1.CC1(C)COC2(CC[C@]34O[C@]3(CC[C@@H]3C4=CC[C@@]4(C)[C@H]3CC[C@@]4(O)C(F)(F)C(F)(F)F)C2)OC1. The van der Waals surface area contributed by atoms with Gasteiger partial charge < -0.3 is 43.7 Å². The third kappa shape index (κ3) is 8.55.